The number of aryl methyl sites for hydroxylation is 1. The van der Waals surface area contributed by atoms with E-state index in [0.29, 0.717) is 22.9 Å². The number of ether oxygens (including phenoxy) is 2. The molecule has 1 amide bonds. The molecule has 6 heteroatoms. The highest BCUT2D eigenvalue weighted by Gasteiger charge is 2.15. The predicted octanol–water partition coefficient (Wildman–Crippen LogP) is 3.94. The second-order valence-electron chi connectivity index (χ2n) is 5.53. The summed E-state index contributed by atoms with van der Waals surface area (Å²) in [6.07, 6.45) is 0. The van der Waals surface area contributed by atoms with Gasteiger partial charge < -0.3 is 19.8 Å². The molecule has 5 nitrogen and oxygen atoms in total. The third-order valence-electron chi connectivity index (χ3n) is 3.84. The summed E-state index contributed by atoms with van der Waals surface area (Å²) in [5.41, 5.74) is 2.88. The number of para-hydroxylation sites is 1. The van der Waals surface area contributed by atoms with Crippen LogP contribution in [0.5, 0.6) is 11.5 Å². The van der Waals surface area contributed by atoms with Crippen LogP contribution in [0, 0.1) is 6.92 Å². The molecule has 2 aromatic carbocycles. The first-order chi connectivity index (χ1) is 11.7. The van der Waals surface area contributed by atoms with Crippen LogP contribution in [0.15, 0.2) is 47.4 Å². The predicted molar refractivity (Wildman–Crippen MR) is 95.0 cm³/mol. The molecule has 4 rings (SSSR count). The number of carbonyl (C=O) groups excluding carboxylic acids is 1. The van der Waals surface area contributed by atoms with E-state index < -0.39 is 0 Å². The van der Waals surface area contributed by atoms with Crippen LogP contribution in [0.2, 0.25) is 0 Å². The van der Waals surface area contributed by atoms with E-state index in [2.05, 4.69) is 16.4 Å². The summed E-state index contributed by atoms with van der Waals surface area (Å²) in [5, 5.41) is 4.05. The smallest absolute Gasteiger partial charge is 0.234 e. The lowest BCUT2D eigenvalue weighted by Crippen LogP contribution is -2.13. The molecule has 0 spiro atoms. The third-order valence-corrected chi connectivity index (χ3v) is 5.06. The lowest BCUT2D eigenvalue weighted by Gasteiger charge is -2.06. The van der Waals surface area contributed by atoms with E-state index >= 15 is 0 Å². The van der Waals surface area contributed by atoms with Gasteiger partial charge in [-0.25, -0.2) is 0 Å². The minimum atomic E-state index is -0.0523. The van der Waals surface area contributed by atoms with E-state index in [-0.39, 0.29) is 12.7 Å². The second-order valence-corrected chi connectivity index (χ2v) is 6.52. The maximum Gasteiger partial charge on any atom is 0.234 e. The quantitative estimate of drug-likeness (QED) is 0.706. The van der Waals surface area contributed by atoms with Gasteiger partial charge in [0.2, 0.25) is 12.7 Å². The zero-order chi connectivity index (χ0) is 16.5. The summed E-state index contributed by atoms with van der Waals surface area (Å²) < 4.78 is 10.6. The number of hydrogen-bond donors (Lipinski definition) is 2. The van der Waals surface area contributed by atoms with Gasteiger partial charge in [0.15, 0.2) is 11.5 Å². The first-order valence-electron chi connectivity index (χ1n) is 7.60. The topological polar surface area (TPSA) is 63.4 Å². The molecule has 0 bridgehead atoms. The molecule has 1 aromatic heterocycles. The Morgan fingerprint density at radius 3 is 2.96 bits per heavy atom. The molecule has 3 aromatic rings. The molecule has 2 heterocycles. The van der Waals surface area contributed by atoms with Crippen molar-refractivity contribution in [1.82, 2.24) is 4.98 Å². The molecule has 0 aliphatic carbocycles. The van der Waals surface area contributed by atoms with Gasteiger partial charge in [0, 0.05) is 33.2 Å². The van der Waals surface area contributed by atoms with Gasteiger partial charge >= 0.3 is 0 Å². The normalized spacial score (nSPS) is 12.5. The van der Waals surface area contributed by atoms with Crippen molar-refractivity contribution < 1.29 is 14.3 Å². The van der Waals surface area contributed by atoms with Gasteiger partial charge in [-0.3, -0.25) is 4.79 Å². The molecule has 0 saturated carbocycles. The van der Waals surface area contributed by atoms with Gasteiger partial charge in [0.1, 0.15) is 0 Å². The first kappa shape index (κ1) is 15.0. The number of fused-ring (bicyclic) bond motifs is 2. The Labute approximate surface area is 143 Å². The highest BCUT2D eigenvalue weighted by Crippen LogP contribution is 2.35. The number of H-pyrrole nitrogens is 1. The Bertz CT molecular complexity index is 920. The standard InChI is InChI=1S/C18H16N2O3S/c1-11-18(13-4-2-3-5-14(13)19-11)24-9-17(21)20-12-6-7-15-16(8-12)23-10-22-15/h2-8,19H,9-10H2,1H3,(H,20,21). The van der Waals surface area contributed by atoms with Gasteiger partial charge in [-0.2, -0.15) is 0 Å². The van der Waals surface area contributed by atoms with E-state index in [1.54, 1.807) is 12.1 Å². The highest BCUT2D eigenvalue weighted by atomic mass is 32.2. The molecule has 0 unspecified atom stereocenters. The van der Waals surface area contributed by atoms with Crippen LogP contribution in [0.4, 0.5) is 5.69 Å². The van der Waals surface area contributed by atoms with E-state index in [9.17, 15) is 4.79 Å². The number of rotatable bonds is 4. The minimum Gasteiger partial charge on any atom is -0.454 e. The lowest BCUT2D eigenvalue weighted by atomic mass is 10.2. The second kappa shape index (κ2) is 6.13. The molecule has 1 aliphatic heterocycles. The van der Waals surface area contributed by atoms with Crippen molar-refractivity contribution in [3.63, 3.8) is 0 Å². The van der Waals surface area contributed by atoms with Crippen molar-refractivity contribution >= 4 is 34.3 Å². The Kier molecular flexibility index (Phi) is 3.82. The SMILES string of the molecule is Cc1[nH]c2ccccc2c1SCC(=O)Nc1ccc2c(c1)OCO2. The average Bonchev–Trinajstić information content (AvgIpc) is 3.16. The Balaban J connectivity index is 1.44. The van der Waals surface area contributed by atoms with Crippen LogP contribution < -0.4 is 14.8 Å². The number of aromatic nitrogens is 1. The molecule has 0 fully saturated rings. The molecular formula is C18H16N2O3S. The number of thioether (sulfide) groups is 1. The summed E-state index contributed by atoms with van der Waals surface area (Å²) >= 11 is 1.54. The number of hydrogen-bond acceptors (Lipinski definition) is 4. The molecular weight excluding hydrogens is 324 g/mol. The number of aromatic amines is 1. The molecule has 0 saturated heterocycles. The van der Waals surface area contributed by atoms with Crippen LogP contribution in [0.1, 0.15) is 5.69 Å². The fraction of sp³-hybridized carbons (Fsp3) is 0.167. The Morgan fingerprint density at radius 1 is 1.21 bits per heavy atom. The van der Waals surface area contributed by atoms with E-state index in [0.717, 1.165) is 21.5 Å². The molecule has 122 valence electrons. The average molecular weight is 340 g/mol. The monoisotopic (exact) mass is 340 g/mol. The fourth-order valence-electron chi connectivity index (χ4n) is 2.75. The number of anilines is 1. The van der Waals surface area contributed by atoms with Crippen molar-refractivity contribution in [2.45, 2.75) is 11.8 Å². The van der Waals surface area contributed by atoms with Crippen LogP contribution in [-0.2, 0) is 4.79 Å². The van der Waals surface area contributed by atoms with Gasteiger partial charge in [-0.1, -0.05) is 18.2 Å². The summed E-state index contributed by atoms with van der Waals surface area (Å²) in [6, 6.07) is 13.5. The minimum absolute atomic E-state index is 0.0523. The maximum atomic E-state index is 12.2. The first-order valence-corrected chi connectivity index (χ1v) is 8.59. The number of nitrogens with one attached hydrogen (secondary N) is 2. The summed E-state index contributed by atoms with van der Waals surface area (Å²) in [4.78, 5) is 16.7. The van der Waals surface area contributed by atoms with Crippen molar-refractivity contribution in [2.24, 2.45) is 0 Å². The Hall–Kier alpha value is -2.60. The number of benzene rings is 2. The zero-order valence-electron chi connectivity index (χ0n) is 13.1. The third kappa shape index (κ3) is 2.80. The van der Waals surface area contributed by atoms with Crippen molar-refractivity contribution in [1.29, 1.82) is 0 Å². The van der Waals surface area contributed by atoms with Crippen molar-refractivity contribution in [3.8, 4) is 11.5 Å². The van der Waals surface area contributed by atoms with E-state index in [4.69, 9.17) is 9.47 Å². The van der Waals surface area contributed by atoms with Gasteiger partial charge in [0.05, 0.1) is 5.75 Å². The summed E-state index contributed by atoms with van der Waals surface area (Å²) in [5.74, 6) is 1.66. The van der Waals surface area contributed by atoms with Crippen LogP contribution >= 0.6 is 11.8 Å². The van der Waals surface area contributed by atoms with Gasteiger partial charge in [-0.05, 0) is 25.1 Å². The molecule has 24 heavy (non-hydrogen) atoms. The van der Waals surface area contributed by atoms with Gasteiger partial charge in [-0.15, -0.1) is 11.8 Å². The van der Waals surface area contributed by atoms with Gasteiger partial charge in [0.25, 0.3) is 0 Å². The molecule has 0 radical (unpaired) electrons. The summed E-state index contributed by atoms with van der Waals surface area (Å²) in [7, 11) is 0. The maximum absolute atomic E-state index is 12.2. The van der Waals surface area contributed by atoms with Crippen LogP contribution in [-0.4, -0.2) is 23.4 Å². The number of amides is 1. The highest BCUT2D eigenvalue weighted by molar-refractivity contribution is 8.00. The van der Waals surface area contributed by atoms with Crippen LogP contribution in [0.25, 0.3) is 10.9 Å². The lowest BCUT2D eigenvalue weighted by molar-refractivity contribution is -0.113. The molecule has 1 aliphatic rings. The Morgan fingerprint density at radius 2 is 2.04 bits per heavy atom. The zero-order valence-corrected chi connectivity index (χ0v) is 13.9. The van der Waals surface area contributed by atoms with E-state index in [1.165, 1.54) is 11.8 Å². The fourth-order valence-corrected chi connectivity index (χ4v) is 3.69. The van der Waals surface area contributed by atoms with Crippen LogP contribution in [0.3, 0.4) is 0 Å². The van der Waals surface area contributed by atoms with E-state index in [1.807, 2.05) is 31.2 Å². The van der Waals surface area contributed by atoms with Crippen molar-refractivity contribution in [3.05, 3.63) is 48.2 Å². The number of carbonyl (C=O) groups is 1. The molecule has 0 atom stereocenters. The van der Waals surface area contributed by atoms with Crippen molar-refractivity contribution in [2.75, 3.05) is 17.9 Å². The molecule has 2 N–H and O–H groups in total. The largest absolute Gasteiger partial charge is 0.454 e. The summed E-state index contributed by atoms with van der Waals surface area (Å²) in [6.45, 7) is 2.25.